The van der Waals surface area contributed by atoms with Gasteiger partial charge in [0.1, 0.15) is 0 Å². The molecule has 0 heterocycles. The van der Waals surface area contributed by atoms with Crippen molar-refractivity contribution in [3.8, 4) is 0 Å². The lowest BCUT2D eigenvalue weighted by Crippen LogP contribution is -2.22. The second-order valence-electron chi connectivity index (χ2n) is 3.91. The number of allylic oxidation sites excluding steroid dienone is 3. The van der Waals surface area contributed by atoms with E-state index < -0.39 is 6.10 Å². The lowest BCUT2D eigenvalue weighted by Gasteiger charge is -2.14. The highest BCUT2D eigenvalue weighted by atomic mass is 16.3. The molecule has 0 saturated carbocycles. The summed E-state index contributed by atoms with van der Waals surface area (Å²) in [5, 5.41) is 9.94. The fourth-order valence-electron chi connectivity index (χ4n) is 1.73. The number of benzene rings is 1. The third-order valence-electron chi connectivity index (χ3n) is 2.61. The molecule has 86 valence electrons. The van der Waals surface area contributed by atoms with Crippen molar-refractivity contribution in [2.24, 2.45) is 0 Å². The lowest BCUT2D eigenvalue weighted by atomic mass is 9.94. The maximum atomic E-state index is 11.5. The first-order chi connectivity index (χ1) is 8.16. The zero-order chi connectivity index (χ0) is 12.3. The summed E-state index contributed by atoms with van der Waals surface area (Å²) < 4.78 is 0. The number of aliphatic hydroxyl groups excluding tert-OH is 1. The van der Waals surface area contributed by atoms with Gasteiger partial charge in [0.25, 0.3) is 0 Å². The van der Waals surface area contributed by atoms with Crippen molar-refractivity contribution in [2.75, 3.05) is 0 Å². The Morgan fingerprint density at radius 2 is 1.76 bits per heavy atom. The molecule has 2 rings (SSSR count). The summed E-state index contributed by atoms with van der Waals surface area (Å²) in [6, 6.07) is 9.35. The number of carbonyl (C=O) groups is 2. The van der Waals surface area contributed by atoms with E-state index in [1.54, 1.807) is 0 Å². The molecule has 1 N–H and O–H groups in total. The average molecular weight is 228 g/mol. The molecule has 3 nitrogen and oxygen atoms in total. The molecule has 0 aliphatic heterocycles. The molecule has 0 radical (unpaired) electrons. The Hall–Kier alpha value is -2.00. The molecule has 0 amide bonds. The largest absolute Gasteiger partial charge is 0.388 e. The molecular weight excluding hydrogens is 216 g/mol. The summed E-state index contributed by atoms with van der Waals surface area (Å²) in [5.74, 6) is -0.556. The molecule has 1 aromatic carbocycles. The molecule has 1 atom stereocenters. The van der Waals surface area contributed by atoms with Crippen LogP contribution in [-0.2, 0) is 16.0 Å². The Bertz CT molecular complexity index is 497. The van der Waals surface area contributed by atoms with Crippen LogP contribution in [0.25, 0.3) is 0 Å². The number of rotatable bonds is 3. The fourth-order valence-corrected chi connectivity index (χ4v) is 1.73. The van der Waals surface area contributed by atoms with Crippen molar-refractivity contribution >= 4 is 11.6 Å². The standard InChI is InChI=1S/C14H12O3/c15-11-6-7-13(16)12(9-11)14(17)8-10-4-2-1-3-5-10/h1-7,9,14,17H,8H2. The Kier molecular flexibility index (Phi) is 3.30. The van der Waals surface area contributed by atoms with Gasteiger partial charge in [-0.05, 0) is 23.8 Å². The zero-order valence-electron chi connectivity index (χ0n) is 9.17. The number of hydrogen-bond donors (Lipinski definition) is 1. The second kappa shape index (κ2) is 4.89. The predicted octanol–water partition coefficient (Wildman–Crippen LogP) is 1.22. The molecule has 1 aromatic rings. The van der Waals surface area contributed by atoms with E-state index in [2.05, 4.69) is 0 Å². The first-order valence-electron chi connectivity index (χ1n) is 5.37. The van der Waals surface area contributed by atoms with Gasteiger partial charge in [-0.1, -0.05) is 30.3 Å². The van der Waals surface area contributed by atoms with Gasteiger partial charge in [-0.15, -0.1) is 0 Å². The van der Waals surface area contributed by atoms with Gasteiger partial charge in [0.2, 0.25) is 0 Å². The van der Waals surface area contributed by atoms with Crippen LogP contribution >= 0.6 is 0 Å². The number of aliphatic hydroxyl groups is 1. The van der Waals surface area contributed by atoms with Crippen LogP contribution in [0, 0.1) is 0 Å². The van der Waals surface area contributed by atoms with E-state index in [9.17, 15) is 14.7 Å². The Labute approximate surface area is 99.1 Å². The van der Waals surface area contributed by atoms with Crippen LogP contribution in [0.1, 0.15) is 5.56 Å². The molecule has 1 unspecified atom stereocenters. The first kappa shape index (κ1) is 11.5. The first-order valence-corrected chi connectivity index (χ1v) is 5.37. The minimum Gasteiger partial charge on any atom is -0.388 e. The quantitative estimate of drug-likeness (QED) is 0.791. The summed E-state index contributed by atoms with van der Waals surface area (Å²) >= 11 is 0. The van der Waals surface area contributed by atoms with Crippen molar-refractivity contribution in [1.29, 1.82) is 0 Å². The molecule has 17 heavy (non-hydrogen) atoms. The third kappa shape index (κ3) is 2.77. The third-order valence-corrected chi connectivity index (χ3v) is 2.61. The fraction of sp³-hybridized carbons (Fsp3) is 0.143. The maximum absolute atomic E-state index is 11.5. The molecule has 0 saturated heterocycles. The van der Waals surface area contributed by atoms with Gasteiger partial charge in [0.05, 0.1) is 6.10 Å². The Morgan fingerprint density at radius 1 is 1.06 bits per heavy atom. The van der Waals surface area contributed by atoms with Crippen LogP contribution in [0.4, 0.5) is 0 Å². The van der Waals surface area contributed by atoms with Crippen LogP contribution in [0.2, 0.25) is 0 Å². The van der Waals surface area contributed by atoms with Crippen LogP contribution in [0.3, 0.4) is 0 Å². The van der Waals surface area contributed by atoms with Crippen molar-refractivity contribution < 1.29 is 14.7 Å². The van der Waals surface area contributed by atoms with Crippen LogP contribution in [0.5, 0.6) is 0 Å². The van der Waals surface area contributed by atoms with E-state index in [-0.39, 0.29) is 17.1 Å². The highest BCUT2D eigenvalue weighted by Crippen LogP contribution is 2.14. The van der Waals surface area contributed by atoms with Crippen molar-refractivity contribution in [3.63, 3.8) is 0 Å². The molecule has 3 heteroatoms. The summed E-state index contributed by atoms with van der Waals surface area (Å²) in [4.78, 5) is 22.7. The minimum atomic E-state index is -0.932. The topological polar surface area (TPSA) is 54.4 Å². The van der Waals surface area contributed by atoms with Crippen LogP contribution in [0.15, 0.2) is 54.1 Å². The summed E-state index contributed by atoms with van der Waals surface area (Å²) in [5.41, 5.74) is 1.09. The van der Waals surface area contributed by atoms with E-state index in [4.69, 9.17) is 0 Å². The van der Waals surface area contributed by atoms with Gasteiger partial charge < -0.3 is 5.11 Å². The predicted molar refractivity (Wildman–Crippen MR) is 63.4 cm³/mol. The van der Waals surface area contributed by atoms with E-state index in [0.717, 1.165) is 5.56 Å². The SMILES string of the molecule is O=C1C=CC(=O)C(C(O)Cc2ccccc2)=C1. The molecule has 0 aromatic heterocycles. The van der Waals surface area contributed by atoms with Gasteiger partial charge in [-0.25, -0.2) is 0 Å². The molecular formula is C14H12O3. The Morgan fingerprint density at radius 3 is 2.47 bits per heavy atom. The maximum Gasteiger partial charge on any atom is 0.184 e. The van der Waals surface area contributed by atoms with Crippen molar-refractivity contribution in [1.82, 2.24) is 0 Å². The molecule has 1 aliphatic rings. The molecule has 0 bridgehead atoms. The number of ketones is 2. The minimum absolute atomic E-state index is 0.168. The second-order valence-corrected chi connectivity index (χ2v) is 3.91. The molecule has 0 fully saturated rings. The lowest BCUT2D eigenvalue weighted by molar-refractivity contribution is -0.115. The average Bonchev–Trinajstić information content (AvgIpc) is 2.33. The normalized spacial score (nSPS) is 16.9. The zero-order valence-corrected chi connectivity index (χ0v) is 9.17. The van der Waals surface area contributed by atoms with E-state index >= 15 is 0 Å². The number of hydrogen-bond acceptors (Lipinski definition) is 3. The van der Waals surface area contributed by atoms with Crippen molar-refractivity contribution in [2.45, 2.75) is 12.5 Å². The van der Waals surface area contributed by atoms with Crippen LogP contribution < -0.4 is 0 Å². The van der Waals surface area contributed by atoms with Crippen molar-refractivity contribution in [3.05, 3.63) is 59.7 Å². The summed E-state index contributed by atoms with van der Waals surface area (Å²) in [6.45, 7) is 0. The van der Waals surface area contributed by atoms with E-state index in [0.29, 0.717) is 6.42 Å². The van der Waals surface area contributed by atoms with E-state index in [1.165, 1.54) is 18.2 Å². The van der Waals surface area contributed by atoms with Crippen LogP contribution in [-0.4, -0.2) is 22.8 Å². The van der Waals surface area contributed by atoms with Gasteiger partial charge in [0, 0.05) is 12.0 Å². The number of carbonyl (C=O) groups excluding carboxylic acids is 2. The van der Waals surface area contributed by atoms with E-state index in [1.807, 2.05) is 30.3 Å². The van der Waals surface area contributed by atoms with Gasteiger partial charge >= 0.3 is 0 Å². The Balaban J connectivity index is 2.13. The van der Waals surface area contributed by atoms with Gasteiger partial charge in [-0.3, -0.25) is 9.59 Å². The van der Waals surface area contributed by atoms with Gasteiger partial charge in [0.15, 0.2) is 11.6 Å². The highest BCUT2D eigenvalue weighted by molar-refractivity contribution is 6.17. The molecule has 0 spiro atoms. The molecule has 1 aliphatic carbocycles. The summed E-state index contributed by atoms with van der Waals surface area (Å²) in [6.07, 6.45) is 3.02. The van der Waals surface area contributed by atoms with Gasteiger partial charge in [-0.2, -0.15) is 0 Å². The summed E-state index contributed by atoms with van der Waals surface area (Å²) in [7, 11) is 0. The monoisotopic (exact) mass is 228 g/mol. The smallest absolute Gasteiger partial charge is 0.184 e. The highest BCUT2D eigenvalue weighted by Gasteiger charge is 2.20.